The van der Waals surface area contributed by atoms with Crippen molar-refractivity contribution in [2.75, 3.05) is 14.2 Å². The number of methoxy groups -OCH3 is 1. The fourth-order valence-corrected chi connectivity index (χ4v) is 2.43. The zero-order valence-corrected chi connectivity index (χ0v) is 9.97. The Morgan fingerprint density at radius 3 is 2.94 bits per heavy atom. The molecule has 17 heavy (non-hydrogen) atoms. The van der Waals surface area contributed by atoms with E-state index < -0.39 is 0 Å². The molecular formula is C14H15N2O+. The normalized spacial score (nSPS) is 25.5. The van der Waals surface area contributed by atoms with Gasteiger partial charge in [0.25, 0.3) is 0 Å². The van der Waals surface area contributed by atoms with Gasteiger partial charge in [0.15, 0.2) is 11.7 Å². The van der Waals surface area contributed by atoms with E-state index in [0.717, 1.165) is 17.2 Å². The van der Waals surface area contributed by atoms with Crippen molar-refractivity contribution >= 4 is 17.1 Å². The molecule has 3 heteroatoms. The number of nitrogens with zero attached hydrogens (tertiary/aromatic N) is 1. The van der Waals surface area contributed by atoms with Crippen LogP contribution in [0.1, 0.15) is 0 Å². The molecule has 2 unspecified atom stereocenters. The number of hydrogen-bond acceptors (Lipinski definition) is 2. The van der Waals surface area contributed by atoms with E-state index in [1.165, 1.54) is 10.6 Å². The zero-order chi connectivity index (χ0) is 11.8. The van der Waals surface area contributed by atoms with Gasteiger partial charge >= 0.3 is 0 Å². The van der Waals surface area contributed by atoms with Crippen LogP contribution >= 0.6 is 0 Å². The molecule has 1 aliphatic heterocycles. The van der Waals surface area contributed by atoms with Gasteiger partial charge in [-0.1, -0.05) is 18.2 Å². The lowest BCUT2D eigenvalue weighted by atomic mass is 9.99. The Balaban J connectivity index is 2.16. The molecule has 1 heterocycles. The highest BCUT2D eigenvalue weighted by Crippen LogP contribution is 2.27. The van der Waals surface area contributed by atoms with Crippen molar-refractivity contribution in [1.29, 1.82) is 0 Å². The van der Waals surface area contributed by atoms with Crippen molar-refractivity contribution in [3.63, 3.8) is 0 Å². The summed E-state index contributed by atoms with van der Waals surface area (Å²) in [5.41, 5.74) is 3.30. The number of quaternary nitrogens is 1. The number of likely N-dealkylation sites (N-methyl/N-ethyl adjacent to an activating group) is 1. The molecule has 1 aliphatic carbocycles. The highest BCUT2D eigenvalue weighted by atomic mass is 16.5. The molecule has 1 N–H and O–H groups in total. The first-order valence-electron chi connectivity index (χ1n) is 5.75. The maximum atomic E-state index is 5.39. The Labute approximate surface area is 101 Å². The number of fused-ring (bicyclic) bond motifs is 2. The Morgan fingerprint density at radius 2 is 2.12 bits per heavy atom. The van der Waals surface area contributed by atoms with E-state index in [1.807, 2.05) is 24.3 Å². The second-order valence-electron chi connectivity index (χ2n) is 4.29. The Morgan fingerprint density at radius 1 is 1.29 bits per heavy atom. The summed E-state index contributed by atoms with van der Waals surface area (Å²) in [6, 6.07) is 8.51. The van der Waals surface area contributed by atoms with Gasteiger partial charge in [0, 0.05) is 6.07 Å². The minimum atomic E-state index is 0.254. The number of hydrogen-bond donors (Lipinski definition) is 1. The molecule has 1 aromatic rings. The summed E-state index contributed by atoms with van der Waals surface area (Å²) in [5.74, 6) is 0.867. The Hall–Kier alpha value is -1.87. The minimum Gasteiger partial charge on any atom is -0.495 e. The first-order chi connectivity index (χ1) is 8.31. The summed E-state index contributed by atoms with van der Waals surface area (Å²) >= 11 is 0. The molecule has 0 spiro atoms. The number of aliphatic imine (C=N–C) groups is 1. The topological polar surface area (TPSA) is 26.0 Å². The van der Waals surface area contributed by atoms with Gasteiger partial charge in [0.1, 0.15) is 17.2 Å². The SMILES string of the molecule is COC1=CC=CC2C1=Nc1ccccc1[NH+]2C. The van der Waals surface area contributed by atoms with Crippen LogP contribution in [0.5, 0.6) is 0 Å². The molecule has 0 radical (unpaired) electrons. The molecule has 0 saturated carbocycles. The number of benzene rings is 1. The Kier molecular flexibility index (Phi) is 2.34. The van der Waals surface area contributed by atoms with Gasteiger partial charge in [-0.3, -0.25) is 4.90 Å². The van der Waals surface area contributed by atoms with Crippen molar-refractivity contribution < 1.29 is 9.64 Å². The lowest BCUT2D eigenvalue weighted by Gasteiger charge is -2.30. The second kappa shape index (κ2) is 3.86. The maximum Gasteiger partial charge on any atom is 0.158 e. The molecular weight excluding hydrogens is 212 g/mol. The fourth-order valence-electron chi connectivity index (χ4n) is 2.43. The standard InChI is InChI=1S/C14H14N2O/c1-16-11-7-4-3-6-10(11)15-14-12(16)8-5-9-13(14)17-2/h3-9,12H,1-2H3/p+1. The van der Waals surface area contributed by atoms with Gasteiger partial charge in [-0.25, -0.2) is 4.99 Å². The average Bonchev–Trinajstić information content (AvgIpc) is 2.38. The van der Waals surface area contributed by atoms with Gasteiger partial charge in [-0.05, 0) is 18.2 Å². The number of para-hydroxylation sites is 2. The van der Waals surface area contributed by atoms with Crippen LogP contribution in [0.25, 0.3) is 0 Å². The van der Waals surface area contributed by atoms with Gasteiger partial charge in [0.2, 0.25) is 0 Å². The van der Waals surface area contributed by atoms with E-state index >= 15 is 0 Å². The number of ether oxygens (including phenoxy) is 1. The monoisotopic (exact) mass is 227 g/mol. The van der Waals surface area contributed by atoms with Gasteiger partial charge in [-0.2, -0.15) is 0 Å². The van der Waals surface area contributed by atoms with Crippen LogP contribution in [-0.2, 0) is 4.74 Å². The smallest absolute Gasteiger partial charge is 0.158 e. The summed E-state index contributed by atoms with van der Waals surface area (Å²) in [6.45, 7) is 0. The molecule has 86 valence electrons. The third-order valence-corrected chi connectivity index (χ3v) is 3.35. The van der Waals surface area contributed by atoms with Crippen molar-refractivity contribution in [3.8, 4) is 0 Å². The first kappa shape index (κ1) is 10.3. The van der Waals surface area contributed by atoms with Crippen LogP contribution in [0, 0.1) is 0 Å². The largest absolute Gasteiger partial charge is 0.495 e. The van der Waals surface area contributed by atoms with Crippen molar-refractivity contribution in [1.82, 2.24) is 0 Å². The van der Waals surface area contributed by atoms with Crippen molar-refractivity contribution in [2.45, 2.75) is 6.04 Å². The minimum absolute atomic E-state index is 0.254. The van der Waals surface area contributed by atoms with Crippen LogP contribution in [0.15, 0.2) is 53.2 Å². The summed E-state index contributed by atoms with van der Waals surface area (Å²) < 4.78 is 5.39. The predicted octanol–water partition coefficient (Wildman–Crippen LogP) is 1.39. The van der Waals surface area contributed by atoms with Crippen LogP contribution in [-0.4, -0.2) is 25.9 Å². The zero-order valence-electron chi connectivity index (χ0n) is 9.97. The Bertz CT molecular complexity index is 543. The van der Waals surface area contributed by atoms with E-state index in [2.05, 4.69) is 25.3 Å². The lowest BCUT2D eigenvalue weighted by molar-refractivity contribution is -0.819. The molecule has 2 aliphatic rings. The third kappa shape index (κ3) is 1.51. The molecule has 1 aromatic carbocycles. The molecule has 0 bridgehead atoms. The van der Waals surface area contributed by atoms with Crippen molar-refractivity contribution in [3.05, 3.63) is 48.3 Å². The number of allylic oxidation sites excluding steroid dienone is 2. The quantitative estimate of drug-likeness (QED) is 0.771. The van der Waals surface area contributed by atoms with Crippen molar-refractivity contribution in [2.24, 2.45) is 4.99 Å². The molecule has 0 amide bonds. The van der Waals surface area contributed by atoms with Gasteiger partial charge < -0.3 is 4.74 Å². The highest BCUT2D eigenvalue weighted by Gasteiger charge is 2.34. The van der Waals surface area contributed by atoms with E-state index in [4.69, 9.17) is 9.73 Å². The van der Waals surface area contributed by atoms with Gasteiger partial charge in [0.05, 0.1) is 14.2 Å². The number of nitrogens with one attached hydrogen (secondary N) is 1. The van der Waals surface area contributed by atoms with Crippen LogP contribution in [0.3, 0.4) is 0 Å². The molecule has 3 rings (SSSR count). The maximum absolute atomic E-state index is 5.39. The molecule has 0 aromatic heterocycles. The predicted molar refractivity (Wildman–Crippen MR) is 68.1 cm³/mol. The molecule has 0 fully saturated rings. The fraction of sp³-hybridized carbons (Fsp3) is 0.214. The molecule has 0 saturated heterocycles. The van der Waals surface area contributed by atoms with E-state index in [-0.39, 0.29) is 6.04 Å². The third-order valence-electron chi connectivity index (χ3n) is 3.35. The number of rotatable bonds is 1. The van der Waals surface area contributed by atoms with Gasteiger partial charge in [-0.15, -0.1) is 0 Å². The summed E-state index contributed by atoms with van der Waals surface area (Å²) in [7, 11) is 3.86. The summed E-state index contributed by atoms with van der Waals surface area (Å²) in [5, 5.41) is 0. The average molecular weight is 227 g/mol. The van der Waals surface area contributed by atoms with E-state index in [1.54, 1.807) is 7.11 Å². The summed E-state index contributed by atoms with van der Waals surface area (Å²) in [6.07, 6.45) is 6.18. The van der Waals surface area contributed by atoms with E-state index in [9.17, 15) is 0 Å². The van der Waals surface area contributed by atoms with E-state index in [0.29, 0.717) is 0 Å². The molecule has 3 nitrogen and oxygen atoms in total. The first-order valence-corrected chi connectivity index (χ1v) is 5.75. The highest BCUT2D eigenvalue weighted by molar-refractivity contribution is 6.06. The second-order valence-corrected chi connectivity index (χ2v) is 4.29. The van der Waals surface area contributed by atoms with Crippen LogP contribution in [0.4, 0.5) is 11.4 Å². The summed E-state index contributed by atoms with van der Waals surface area (Å²) in [4.78, 5) is 6.06. The van der Waals surface area contributed by atoms with Crippen LogP contribution < -0.4 is 4.90 Å². The lowest BCUT2D eigenvalue weighted by Crippen LogP contribution is -3.10. The van der Waals surface area contributed by atoms with Crippen LogP contribution in [0.2, 0.25) is 0 Å². The molecule has 2 atom stereocenters.